The first-order chi connectivity index (χ1) is 9.24. The maximum absolute atomic E-state index is 5.48. The summed E-state index contributed by atoms with van der Waals surface area (Å²) < 4.78 is 5.48. The monoisotopic (exact) mass is 259 g/mol. The third-order valence-electron chi connectivity index (χ3n) is 2.36. The van der Waals surface area contributed by atoms with Crippen molar-refractivity contribution < 1.29 is 4.74 Å². The lowest BCUT2D eigenvalue weighted by Crippen LogP contribution is -2.20. The summed E-state index contributed by atoms with van der Waals surface area (Å²) in [4.78, 5) is 14.4. The fourth-order valence-electron chi connectivity index (χ4n) is 1.38. The largest absolute Gasteiger partial charge is 0.462 e. The van der Waals surface area contributed by atoms with E-state index in [1.54, 1.807) is 24.7 Å². The zero-order valence-electron chi connectivity index (χ0n) is 11.1. The summed E-state index contributed by atoms with van der Waals surface area (Å²) in [5, 5.41) is 3.16. The van der Waals surface area contributed by atoms with Gasteiger partial charge in [0.15, 0.2) is 0 Å². The first-order valence-corrected chi connectivity index (χ1v) is 6.01. The molecule has 6 heteroatoms. The Hall–Kier alpha value is -2.21. The highest BCUT2D eigenvalue weighted by Crippen LogP contribution is 2.14. The van der Waals surface area contributed by atoms with E-state index in [-0.39, 0.29) is 0 Å². The number of nitrogens with one attached hydrogen (secondary N) is 1. The number of anilines is 2. The summed E-state index contributed by atoms with van der Waals surface area (Å²) in [6, 6.07) is 5.91. The molecule has 0 amide bonds. The molecule has 0 aliphatic rings. The Morgan fingerprint density at radius 1 is 1.16 bits per heavy atom. The molecule has 0 aromatic carbocycles. The van der Waals surface area contributed by atoms with E-state index in [1.165, 1.54) is 0 Å². The average molecular weight is 259 g/mol. The van der Waals surface area contributed by atoms with Gasteiger partial charge in [0.2, 0.25) is 0 Å². The van der Waals surface area contributed by atoms with Crippen LogP contribution in [0.2, 0.25) is 0 Å². The van der Waals surface area contributed by atoms with Crippen LogP contribution in [0.1, 0.15) is 0 Å². The molecule has 0 aliphatic carbocycles. The van der Waals surface area contributed by atoms with E-state index in [0.717, 1.165) is 12.2 Å². The van der Waals surface area contributed by atoms with Gasteiger partial charge in [-0.1, -0.05) is 0 Å². The van der Waals surface area contributed by atoms with Gasteiger partial charge in [-0.3, -0.25) is 4.98 Å². The van der Waals surface area contributed by atoms with Gasteiger partial charge in [0.25, 0.3) is 0 Å². The maximum atomic E-state index is 5.48. The Balaban J connectivity index is 1.95. The maximum Gasteiger partial charge on any atom is 0.318 e. The zero-order valence-corrected chi connectivity index (χ0v) is 11.1. The topological polar surface area (TPSA) is 63.2 Å². The Morgan fingerprint density at radius 3 is 2.68 bits per heavy atom. The highest BCUT2D eigenvalue weighted by atomic mass is 16.5. The minimum Gasteiger partial charge on any atom is -0.462 e. The number of rotatable bonds is 6. The van der Waals surface area contributed by atoms with Crippen molar-refractivity contribution in [2.45, 2.75) is 0 Å². The predicted octanol–water partition coefficient (Wildman–Crippen LogP) is 1.56. The summed E-state index contributed by atoms with van der Waals surface area (Å²) in [7, 11) is 3.98. The third-order valence-corrected chi connectivity index (χ3v) is 2.36. The lowest BCUT2D eigenvalue weighted by Gasteiger charge is -2.10. The second-order valence-corrected chi connectivity index (χ2v) is 4.24. The van der Waals surface area contributed by atoms with E-state index < -0.39 is 0 Å². The molecule has 0 saturated heterocycles. The highest BCUT2D eigenvalue weighted by molar-refractivity contribution is 5.54. The molecule has 2 rings (SSSR count). The van der Waals surface area contributed by atoms with Gasteiger partial charge in [0, 0.05) is 30.8 Å². The van der Waals surface area contributed by atoms with Crippen LogP contribution in [0, 0.1) is 0 Å². The molecule has 1 N–H and O–H groups in total. The summed E-state index contributed by atoms with van der Waals surface area (Å²) in [6.45, 7) is 1.39. The zero-order chi connectivity index (χ0) is 13.5. The number of hydrogen-bond acceptors (Lipinski definition) is 6. The second-order valence-electron chi connectivity index (χ2n) is 4.24. The summed E-state index contributed by atoms with van der Waals surface area (Å²) in [5.74, 6) is 0.695. The minimum atomic E-state index is 0.376. The average Bonchev–Trinajstić information content (AvgIpc) is 2.40. The molecule has 0 atom stereocenters. The smallest absolute Gasteiger partial charge is 0.318 e. The van der Waals surface area contributed by atoms with Crippen molar-refractivity contribution >= 4 is 11.5 Å². The molecule has 2 aromatic heterocycles. The summed E-state index contributed by atoms with van der Waals surface area (Å²) in [6.07, 6.45) is 5.11. The van der Waals surface area contributed by atoms with Crippen LogP contribution in [0.4, 0.5) is 11.5 Å². The van der Waals surface area contributed by atoms with Gasteiger partial charge < -0.3 is 15.0 Å². The fourth-order valence-corrected chi connectivity index (χ4v) is 1.38. The van der Waals surface area contributed by atoms with Crippen LogP contribution in [0.25, 0.3) is 0 Å². The summed E-state index contributed by atoms with van der Waals surface area (Å²) in [5.41, 5.74) is 0.924. The van der Waals surface area contributed by atoms with Gasteiger partial charge in [-0.2, -0.15) is 4.98 Å². The first-order valence-electron chi connectivity index (χ1n) is 6.01. The second kappa shape index (κ2) is 6.65. The van der Waals surface area contributed by atoms with Gasteiger partial charge in [0.1, 0.15) is 12.4 Å². The molecule has 100 valence electrons. The predicted molar refractivity (Wildman–Crippen MR) is 73.6 cm³/mol. The van der Waals surface area contributed by atoms with Crippen molar-refractivity contribution in [2.24, 2.45) is 0 Å². The van der Waals surface area contributed by atoms with E-state index in [2.05, 4.69) is 20.3 Å². The van der Waals surface area contributed by atoms with Crippen LogP contribution in [-0.4, -0.2) is 47.1 Å². The lowest BCUT2D eigenvalue weighted by molar-refractivity contribution is 0.246. The number of likely N-dealkylation sites (N-methyl/N-ethyl adjacent to an activating group) is 1. The van der Waals surface area contributed by atoms with Gasteiger partial charge in [-0.25, -0.2) is 4.98 Å². The third kappa shape index (κ3) is 4.51. The Labute approximate surface area is 112 Å². The molecule has 2 aromatic rings. The van der Waals surface area contributed by atoms with Crippen molar-refractivity contribution in [1.29, 1.82) is 0 Å². The quantitative estimate of drug-likeness (QED) is 0.849. The van der Waals surface area contributed by atoms with E-state index in [4.69, 9.17) is 4.74 Å². The van der Waals surface area contributed by atoms with Crippen molar-refractivity contribution in [2.75, 3.05) is 32.6 Å². The molecule has 0 saturated carbocycles. The molecule has 0 radical (unpaired) electrons. The van der Waals surface area contributed by atoms with Crippen LogP contribution in [0.15, 0.2) is 36.8 Å². The van der Waals surface area contributed by atoms with Crippen LogP contribution >= 0.6 is 0 Å². The Morgan fingerprint density at radius 2 is 1.95 bits per heavy atom. The van der Waals surface area contributed by atoms with E-state index in [1.807, 2.05) is 31.1 Å². The highest BCUT2D eigenvalue weighted by Gasteiger charge is 2.01. The van der Waals surface area contributed by atoms with Crippen molar-refractivity contribution in [3.8, 4) is 6.01 Å². The standard InChI is InChI=1S/C13H17N5O/c1-18(2)9-10-19-13-15-8-5-12(17-13)16-11-3-6-14-7-4-11/h3-8H,9-10H2,1-2H3,(H,14,15,16,17). The first kappa shape index (κ1) is 13.2. The van der Waals surface area contributed by atoms with Crippen LogP contribution < -0.4 is 10.1 Å². The molecular weight excluding hydrogens is 242 g/mol. The molecular formula is C13H17N5O. The normalized spacial score (nSPS) is 10.5. The molecule has 0 unspecified atom stereocenters. The number of pyridine rings is 1. The Kier molecular flexibility index (Phi) is 4.63. The van der Waals surface area contributed by atoms with E-state index in [0.29, 0.717) is 18.4 Å². The van der Waals surface area contributed by atoms with Gasteiger partial charge >= 0.3 is 6.01 Å². The van der Waals surface area contributed by atoms with E-state index in [9.17, 15) is 0 Å². The molecule has 0 bridgehead atoms. The minimum absolute atomic E-state index is 0.376. The molecule has 2 heterocycles. The SMILES string of the molecule is CN(C)CCOc1nccc(Nc2ccncc2)n1. The van der Waals surface area contributed by atoms with Crippen molar-refractivity contribution in [1.82, 2.24) is 19.9 Å². The van der Waals surface area contributed by atoms with E-state index >= 15 is 0 Å². The number of aromatic nitrogens is 3. The van der Waals surface area contributed by atoms with Crippen LogP contribution in [-0.2, 0) is 0 Å². The lowest BCUT2D eigenvalue weighted by atomic mass is 10.4. The fraction of sp³-hybridized carbons (Fsp3) is 0.308. The van der Waals surface area contributed by atoms with Crippen molar-refractivity contribution in [3.05, 3.63) is 36.8 Å². The van der Waals surface area contributed by atoms with Crippen LogP contribution in [0.3, 0.4) is 0 Å². The number of nitrogens with zero attached hydrogens (tertiary/aromatic N) is 4. The molecule has 6 nitrogen and oxygen atoms in total. The van der Waals surface area contributed by atoms with Crippen molar-refractivity contribution in [3.63, 3.8) is 0 Å². The molecule has 0 aliphatic heterocycles. The molecule has 19 heavy (non-hydrogen) atoms. The number of ether oxygens (including phenoxy) is 1. The van der Waals surface area contributed by atoms with Gasteiger partial charge in [-0.15, -0.1) is 0 Å². The van der Waals surface area contributed by atoms with Crippen LogP contribution in [0.5, 0.6) is 6.01 Å². The molecule has 0 fully saturated rings. The number of hydrogen-bond donors (Lipinski definition) is 1. The Bertz CT molecular complexity index is 503. The summed E-state index contributed by atoms with van der Waals surface area (Å²) >= 11 is 0. The molecule has 0 spiro atoms. The van der Waals surface area contributed by atoms with Gasteiger partial charge in [-0.05, 0) is 32.3 Å². The van der Waals surface area contributed by atoms with Gasteiger partial charge in [0.05, 0.1) is 0 Å².